The zero-order valence-electron chi connectivity index (χ0n) is 14.4. The van der Waals surface area contributed by atoms with Crippen molar-refractivity contribution in [1.29, 1.82) is 0 Å². The van der Waals surface area contributed by atoms with Crippen LogP contribution in [0.3, 0.4) is 0 Å². The highest BCUT2D eigenvalue weighted by atomic mass is 32.2. The molecule has 0 fully saturated rings. The fourth-order valence-corrected chi connectivity index (χ4v) is 4.34. The maximum Gasteiger partial charge on any atom is 0.262 e. The van der Waals surface area contributed by atoms with Crippen molar-refractivity contribution in [2.45, 2.75) is 11.4 Å². The molecule has 0 bridgehead atoms. The van der Waals surface area contributed by atoms with Gasteiger partial charge in [0.2, 0.25) is 0 Å². The molecule has 8 heteroatoms. The second-order valence-electron chi connectivity index (χ2n) is 5.85. The number of sulfonamides is 1. The molecule has 1 amide bonds. The lowest BCUT2D eigenvalue weighted by atomic mass is 10.2. The molecule has 0 spiro atoms. The van der Waals surface area contributed by atoms with Gasteiger partial charge in [-0.15, -0.1) is 11.3 Å². The zero-order valence-corrected chi connectivity index (χ0v) is 16.1. The van der Waals surface area contributed by atoms with E-state index in [9.17, 15) is 17.6 Å². The van der Waals surface area contributed by atoms with E-state index in [2.05, 4.69) is 4.72 Å². The maximum absolute atomic E-state index is 13.7. The molecular weight excluding hydrogens is 387 g/mol. The van der Waals surface area contributed by atoms with Crippen molar-refractivity contribution in [2.24, 2.45) is 0 Å². The van der Waals surface area contributed by atoms with Crippen LogP contribution in [0.25, 0.3) is 0 Å². The second-order valence-corrected chi connectivity index (χ2v) is 8.57. The summed E-state index contributed by atoms with van der Waals surface area (Å²) in [6.07, 6.45) is 0. The molecule has 1 aromatic heterocycles. The molecule has 3 aromatic rings. The number of carbonyl (C=O) groups is 1. The van der Waals surface area contributed by atoms with Crippen molar-refractivity contribution in [1.82, 2.24) is 4.90 Å². The Labute approximate surface area is 161 Å². The Morgan fingerprint density at radius 1 is 1.11 bits per heavy atom. The van der Waals surface area contributed by atoms with Gasteiger partial charge < -0.3 is 4.90 Å². The molecule has 0 saturated heterocycles. The van der Waals surface area contributed by atoms with Crippen LogP contribution in [-0.4, -0.2) is 26.3 Å². The average molecular weight is 404 g/mol. The van der Waals surface area contributed by atoms with Crippen molar-refractivity contribution >= 4 is 33.0 Å². The molecule has 0 saturated carbocycles. The van der Waals surface area contributed by atoms with E-state index in [0.29, 0.717) is 6.54 Å². The first-order chi connectivity index (χ1) is 12.9. The standard InChI is InChI=1S/C19H17FN2O3S2/c1-22(13-15-7-5-11-26-15)19(23)14-6-4-8-16(12-14)27(24,25)21-18-10-3-2-9-17(18)20/h2-12,21H,13H2,1H3. The zero-order chi connectivity index (χ0) is 19.4. The van der Waals surface area contributed by atoms with E-state index < -0.39 is 15.8 Å². The number of hydrogen-bond donors (Lipinski definition) is 1. The van der Waals surface area contributed by atoms with Crippen LogP contribution < -0.4 is 4.72 Å². The summed E-state index contributed by atoms with van der Waals surface area (Å²) in [5.74, 6) is -0.977. The number of thiophene rings is 1. The largest absolute Gasteiger partial charge is 0.337 e. The molecule has 140 valence electrons. The highest BCUT2D eigenvalue weighted by Gasteiger charge is 2.19. The molecule has 1 heterocycles. The lowest BCUT2D eigenvalue weighted by Gasteiger charge is -2.17. The monoisotopic (exact) mass is 404 g/mol. The molecule has 0 radical (unpaired) electrons. The van der Waals surface area contributed by atoms with Gasteiger partial charge >= 0.3 is 0 Å². The second kappa shape index (κ2) is 7.89. The van der Waals surface area contributed by atoms with Crippen LogP contribution in [0.2, 0.25) is 0 Å². The molecule has 0 unspecified atom stereocenters. The van der Waals surface area contributed by atoms with Gasteiger partial charge in [0.25, 0.3) is 15.9 Å². The first-order valence-corrected chi connectivity index (χ1v) is 10.4. The minimum Gasteiger partial charge on any atom is -0.337 e. The third-order valence-electron chi connectivity index (χ3n) is 3.83. The third-order valence-corrected chi connectivity index (χ3v) is 6.05. The molecule has 0 aliphatic heterocycles. The predicted octanol–water partition coefficient (Wildman–Crippen LogP) is 3.96. The summed E-state index contributed by atoms with van der Waals surface area (Å²) in [6.45, 7) is 0.432. The van der Waals surface area contributed by atoms with Crippen molar-refractivity contribution < 1.29 is 17.6 Å². The van der Waals surface area contributed by atoms with E-state index in [1.807, 2.05) is 17.5 Å². The minimum absolute atomic E-state index is 0.110. The van der Waals surface area contributed by atoms with Gasteiger partial charge in [-0.25, -0.2) is 12.8 Å². The summed E-state index contributed by atoms with van der Waals surface area (Å²) < 4.78 is 41.1. The molecule has 0 atom stereocenters. The Balaban J connectivity index is 1.82. The number of carbonyl (C=O) groups excluding carboxylic acids is 1. The number of anilines is 1. The van der Waals surface area contributed by atoms with Gasteiger partial charge in [-0.2, -0.15) is 0 Å². The van der Waals surface area contributed by atoms with Crippen LogP contribution in [0.1, 0.15) is 15.2 Å². The van der Waals surface area contributed by atoms with Crippen LogP contribution >= 0.6 is 11.3 Å². The summed E-state index contributed by atoms with van der Waals surface area (Å²) >= 11 is 1.54. The summed E-state index contributed by atoms with van der Waals surface area (Å²) in [5.41, 5.74) is 0.0921. The number of amides is 1. The number of halogens is 1. The number of benzene rings is 2. The van der Waals surface area contributed by atoms with Gasteiger partial charge in [0, 0.05) is 17.5 Å². The van der Waals surface area contributed by atoms with Crippen molar-refractivity contribution in [3.05, 3.63) is 82.3 Å². The van der Waals surface area contributed by atoms with Crippen LogP contribution in [0, 0.1) is 5.82 Å². The van der Waals surface area contributed by atoms with Crippen LogP contribution in [0.5, 0.6) is 0 Å². The topological polar surface area (TPSA) is 66.5 Å². The Bertz CT molecular complexity index is 1050. The fraction of sp³-hybridized carbons (Fsp3) is 0.105. The SMILES string of the molecule is CN(Cc1cccs1)C(=O)c1cccc(S(=O)(=O)Nc2ccccc2F)c1. The van der Waals surface area contributed by atoms with E-state index in [1.165, 1.54) is 52.6 Å². The summed E-state index contributed by atoms with van der Waals surface area (Å²) in [4.78, 5) is 15.0. The Kier molecular flexibility index (Phi) is 5.57. The molecule has 27 heavy (non-hydrogen) atoms. The molecule has 2 aromatic carbocycles. The Hall–Kier alpha value is -2.71. The van der Waals surface area contributed by atoms with Gasteiger partial charge in [-0.3, -0.25) is 9.52 Å². The van der Waals surface area contributed by atoms with Crippen LogP contribution in [0.15, 0.2) is 70.9 Å². The van der Waals surface area contributed by atoms with E-state index in [-0.39, 0.29) is 22.1 Å². The van der Waals surface area contributed by atoms with Gasteiger partial charge in [-0.1, -0.05) is 24.3 Å². The lowest BCUT2D eigenvalue weighted by Crippen LogP contribution is -2.26. The average Bonchev–Trinajstić information content (AvgIpc) is 3.16. The van der Waals surface area contributed by atoms with Gasteiger partial charge in [0.15, 0.2) is 0 Å². The van der Waals surface area contributed by atoms with Crippen LogP contribution in [0.4, 0.5) is 10.1 Å². The smallest absolute Gasteiger partial charge is 0.262 e. The molecule has 0 aliphatic carbocycles. The number of para-hydroxylation sites is 1. The summed E-state index contributed by atoms with van der Waals surface area (Å²) in [5, 5.41) is 1.93. The third kappa shape index (κ3) is 4.53. The normalized spacial score (nSPS) is 11.2. The number of hydrogen-bond acceptors (Lipinski definition) is 4. The van der Waals surface area contributed by atoms with Crippen LogP contribution in [-0.2, 0) is 16.6 Å². The molecule has 1 N–H and O–H groups in total. The minimum atomic E-state index is -4.03. The molecule has 3 rings (SSSR count). The lowest BCUT2D eigenvalue weighted by molar-refractivity contribution is 0.0786. The van der Waals surface area contributed by atoms with Crippen molar-refractivity contribution in [2.75, 3.05) is 11.8 Å². The van der Waals surface area contributed by atoms with Gasteiger partial charge in [0.05, 0.1) is 17.1 Å². The van der Waals surface area contributed by atoms with E-state index >= 15 is 0 Å². The number of nitrogens with one attached hydrogen (secondary N) is 1. The Morgan fingerprint density at radius 3 is 2.59 bits per heavy atom. The first-order valence-electron chi connectivity index (χ1n) is 8.02. The molecular formula is C19H17FN2O3S2. The summed E-state index contributed by atoms with van der Waals surface area (Å²) in [6, 6.07) is 15.0. The van der Waals surface area contributed by atoms with Crippen molar-refractivity contribution in [3.63, 3.8) is 0 Å². The highest BCUT2D eigenvalue weighted by Crippen LogP contribution is 2.20. The fourth-order valence-electron chi connectivity index (χ4n) is 2.47. The van der Waals surface area contributed by atoms with Crippen molar-refractivity contribution in [3.8, 4) is 0 Å². The summed E-state index contributed by atoms with van der Waals surface area (Å²) in [7, 11) is -2.37. The number of rotatable bonds is 6. The molecule has 5 nitrogen and oxygen atoms in total. The molecule has 0 aliphatic rings. The quantitative estimate of drug-likeness (QED) is 0.676. The van der Waals surface area contributed by atoms with E-state index in [1.54, 1.807) is 13.1 Å². The predicted molar refractivity (Wildman–Crippen MR) is 104 cm³/mol. The highest BCUT2D eigenvalue weighted by molar-refractivity contribution is 7.92. The van der Waals surface area contributed by atoms with Gasteiger partial charge in [0.1, 0.15) is 5.82 Å². The Morgan fingerprint density at radius 2 is 1.89 bits per heavy atom. The van der Waals surface area contributed by atoms with E-state index in [0.717, 1.165) is 10.9 Å². The number of nitrogens with zero attached hydrogens (tertiary/aromatic N) is 1. The van der Waals surface area contributed by atoms with Gasteiger partial charge in [-0.05, 0) is 41.8 Å². The van der Waals surface area contributed by atoms with E-state index in [4.69, 9.17) is 0 Å². The maximum atomic E-state index is 13.7. The first kappa shape index (κ1) is 19.1.